The van der Waals surface area contributed by atoms with E-state index in [2.05, 4.69) is 15.9 Å². The summed E-state index contributed by atoms with van der Waals surface area (Å²) in [6.07, 6.45) is 0. The number of halogens is 1. The molecule has 0 aromatic heterocycles. The van der Waals surface area contributed by atoms with Gasteiger partial charge in [0.2, 0.25) is 10.0 Å². The van der Waals surface area contributed by atoms with Gasteiger partial charge in [0.15, 0.2) is 0 Å². The lowest BCUT2D eigenvalue weighted by Crippen LogP contribution is -2.11. The minimum Gasteiger partial charge on any atom is -0.457 e. The van der Waals surface area contributed by atoms with Crippen molar-refractivity contribution in [3.63, 3.8) is 0 Å². The number of primary sulfonamides is 1. The molecule has 0 saturated heterocycles. The van der Waals surface area contributed by atoms with Gasteiger partial charge in [0.1, 0.15) is 11.5 Å². The number of benzene rings is 2. The molecule has 0 aliphatic carbocycles. The Morgan fingerprint density at radius 1 is 1.11 bits per heavy atom. The Bertz CT molecular complexity index is 696. The molecule has 0 amide bonds. The molecule has 0 saturated carbocycles. The van der Waals surface area contributed by atoms with Crippen LogP contribution in [0.5, 0.6) is 11.5 Å². The molecule has 0 aliphatic rings. The van der Waals surface area contributed by atoms with E-state index in [1.165, 1.54) is 12.1 Å². The molecule has 0 heterocycles. The van der Waals surface area contributed by atoms with E-state index in [0.717, 1.165) is 10.0 Å². The van der Waals surface area contributed by atoms with E-state index in [1.807, 2.05) is 25.1 Å². The molecule has 100 valence electrons. The fraction of sp³-hybridized carbons (Fsp3) is 0.0769. The van der Waals surface area contributed by atoms with Crippen molar-refractivity contribution in [1.82, 2.24) is 0 Å². The summed E-state index contributed by atoms with van der Waals surface area (Å²) in [7, 11) is -3.67. The van der Waals surface area contributed by atoms with E-state index >= 15 is 0 Å². The quantitative estimate of drug-likeness (QED) is 0.931. The van der Waals surface area contributed by atoms with Crippen molar-refractivity contribution in [2.75, 3.05) is 0 Å². The third kappa shape index (κ3) is 3.56. The van der Waals surface area contributed by atoms with E-state index in [4.69, 9.17) is 9.88 Å². The van der Waals surface area contributed by atoms with Crippen LogP contribution in [0.3, 0.4) is 0 Å². The molecule has 2 N–H and O–H groups in total. The lowest BCUT2D eigenvalue weighted by atomic mass is 10.2. The lowest BCUT2D eigenvalue weighted by molar-refractivity contribution is 0.478. The molecular weight excluding hydrogens is 330 g/mol. The Hall–Kier alpha value is -1.37. The van der Waals surface area contributed by atoms with Crippen molar-refractivity contribution in [3.8, 4) is 11.5 Å². The first kappa shape index (κ1) is 14.0. The monoisotopic (exact) mass is 341 g/mol. The first-order chi connectivity index (χ1) is 8.86. The number of hydrogen-bond donors (Lipinski definition) is 1. The number of nitrogens with two attached hydrogens (primary N) is 1. The fourth-order valence-electron chi connectivity index (χ4n) is 1.51. The third-order valence-electron chi connectivity index (χ3n) is 2.53. The first-order valence-electron chi connectivity index (χ1n) is 5.43. The van der Waals surface area contributed by atoms with Gasteiger partial charge in [0.05, 0.1) is 4.90 Å². The third-order valence-corrected chi connectivity index (χ3v) is 3.95. The Labute approximate surface area is 120 Å². The molecule has 19 heavy (non-hydrogen) atoms. The van der Waals surface area contributed by atoms with Crippen LogP contribution in [-0.2, 0) is 10.0 Å². The van der Waals surface area contributed by atoms with Crippen LogP contribution in [0.15, 0.2) is 51.8 Å². The largest absolute Gasteiger partial charge is 0.457 e. The maximum absolute atomic E-state index is 11.1. The number of aryl methyl sites for hydroxylation is 1. The predicted octanol–water partition coefficient (Wildman–Crippen LogP) is 3.20. The topological polar surface area (TPSA) is 69.4 Å². The second-order valence-corrected chi connectivity index (χ2v) is 6.51. The van der Waals surface area contributed by atoms with Gasteiger partial charge >= 0.3 is 0 Å². The summed E-state index contributed by atoms with van der Waals surface area (Å²) in [4.78, 5) is 0.0609. The van der Waals surface area contributed by atoms with Crippen molar-refractivity contribution < 1.29 is 13.2 Å². The highest BCUT2D eigenvalue weighted by molar-refractivity contribution is 9.10. The standard InChI is InChI=1S/C13H12BrNO3S/c1-9-2-3-10(14)8-13(9)18-11-4-6-12(7-5-11)19(15,16)17/h2-8H,1H3,(H2,15,16,17). The van der Waals surface area contributed by atoms with Crippen molar-refractivity contribution in [2.24, 2.45) is 5.14 Å². The van der Waals surface area contributed by atoms with Crippen LogP contribution in [0.4, 0.5) is 0 Å². The molecule has 0 fully saturated rings. The number of sulfonamides is 1. The average Bonchev–Trinajstić information content (AvgIpc) is 2.33. The Morgan fingerprint density at radius 2 is 1.74 bits per heavy atom. The molecule has 2 aromatic rings. The first-order valence-corrected chi connectivity index (χ1v) is 7.77. The average molecular weight is 342 g/mol. The summed E-state index contributed by atoms with van der Waals surface area (Å²) < 4.78 is 28.9. The summed E-state index contributed by atoms with van der Waals surface area (Å²) in [5.74, 6) is 1.26. The molecular formula is C13H12BrNO3S. The van der Waals surface area contributed by atoms with E-state index in [1.54, 1.807) is 12.1 Å². The van der Waals surface area contributed by atoms with Gasteiger partial charge in [-0.2, -0.15) is 0 Å². The van der Waals surface area contributed by atoms with Crippen molar-refractivity contribution in [1.29, 1.82) is 0 Å². The highest BCUT2D eigenvalue weighted by atomic mass is 79.9. The molecule has 0 unspecified atom stereocenters. The molecule has 2 aromatic carbocycles. The molecule has 0 spiro atoms. The minimum absolute atomic E-state index is 0.0609. The van der Waals surface area contributed by atoms with Gasteiger partial charge in [0, 0.05) is 4.47 Å². The van der Waals surface area contributed by atoms with Gasteiger partial charge in [0.25, 0.3) is 0 Å². The maximum Gasteiger partial charge on any atom is 0.238 e. The van der Waals surface area contributed by atoms with Crippen LogP contribution < -0.4 is 9.88 Å². The molecule has 4 nitrogen and oxygen atoms in total. The van der Waals surface area contributed by atoms with Gasteiger partial charge < -0.3 is 4.74 Å². The van der Waals surface area contributed by atoms with Crippen molar-refractivity contribution >= 4 is 26.0 Å². The van der Waals surface area contributed by atoms with Gasteiger partial charge in [-0.05, 0) is 48.9 Å². The SMILES string of the molecule is Cc1ccc(Br)cc1Oc1ccc(S(N)(=O)=O)cc1. The summed E-state index contributed by atoms with van der Waals surface area (Å²) in [6.45, 7) is 1.93. The molecule has 6 heteroatoms. The molecule has 0 bridgehead atoms. The lowest BCUT2D eigenvalue weighted by Gasteiger charge is -2.09. The second kappa shape index (κ2) is 5.32. The number of rotatable bonds is 3. The van der Waals surface area contributed by atoms with E-state index in [0.29, 0.717) is 11.5 Å². The highest BCUT2D eigenvalue weighted by Crippen LogP contribution is 2.28. The van der Waals surface area contributed by atoms with Gasteiger partial charge in [-0.3, -0.25) is 0 Å². The van der Waals surface area contributed by atoms with Crippen molar-refractivity contribution in [3.05, 3.63) is 52.5 Å². The highest BCUT2D eigenvalue weighted by Gasteiger charge is 2.08. The van der Waals surface area contributed by atoms with Crippen LogP contribution in [0, 0.1) is 6.92 Å². The zero-order valence-electron chi connectivity index (χ0n) is 10.1. The Morgan fingerprint density at radius 3 is 2.32 bits per heavy atom. The number of hydrogen-bond acceptors (Lipinski definition) is 3. The molecule has 0 atom stereocenters. The van der Waals surface area contributed by atoms with Crippen LogP contribution in [0.2, 0.25) is 0 Å². The normalized spacial score (nSPS) is 11.3. The smallest absolute Gasteiger partial charge is 0.238 e. The number of ether oxygens (including phenoxy) is 1. The summed E-state index contributed by atoms with van der Waals surface area (Å²) in [6, 6.07) is 11.7. The van der Waals surface area contributed by atoms with Gasteiger partial charge in [-0.25, -0.2) is 13.6 Å². The Kier molecular flexibility index (Phi) is 3.93. The van der Waals surface area contributed by atoms with Crippen molar-refractivity contribution in [2.45, 2.75) is 11.8 Å². The molecule has 0 radical (unpaired) electrons. The maximum atomic E-state index is 11.1. The molecule has 2 rings (SSSR count). The van der Waals surface area contributed by atoms with E-state index in [-0.39, 0.29) is 4.90 Å². The molecule has 0 aliphatic heterocycles. The summed E-state index contributed by atoms with van der Waals surface area (Å²) in [5.41, 5.74) is 0.985. The summed E-state index contributed by atoms with van der Waals surface area (Å²) >= 11 is 3.37. The van der Waals surface area contributed by atoms with Gasteiger partial charge in [-0.1, -0.05) is 22.0 Å². The predicted molar refractivity (Wildman–Crippen MR) is 76.8 cm³/mol. The minimum atomic E-state index is -3.67. The summed E-state index contributed by atoms with van der Waals surface area (Å²) in [5, 5.41) is 5.03. The zero-order chi connectivity index (χ0) is 14.0. The fourth-order valence-corrected chi connectivity index (χ4v) is 2.36. The second-order valence-electron chi connectivity index (χ2n) is 4.03. The van der Waals surface area contributed by atoms with E-state index in [9.17, 15) is 8.42 Å². The van der Waals surface area contributed by atoms with Crippen LogP contribution >= 0.6 is 15.9 Å². The van der Waals surface area contributed by atoms with E-state index < -0.39 is 10.0 Å². The van der Waals surface area contributed by atoms with Crippen LogP contribution in [-0.4, -0.2) is 8.42 Å². The van der Waals surface area contributed by atoms with Crippen LogP contribution in [0.25, 0.3) is 0 Å². The Balaban J connectivity index is 2.27. The zero-order valence-corrected chi connectivity index (χ0v) is 12.5. The van der Waals surface area contributed by atoms with Crippen LogP contribution in [0.1, 0.15) is 5.56 Å². The van der Waals surface area contributed by atoms with Gasteiger partial charge in [-0.15, -0.1) is 0 Å².